The molecule has 2 heterocycles. The summed E-state index contributed by atoms with van der Waals surface area (Å²) in [6.45, 7) is 8.10. The summed E-state index contributed by atoms with van der Waals surface area (Å²) in [5, 5.41) is -0.420. The van der Waals surface area contributed by atoms with Crippen molar-refractivity contribution in [2.45, 2.75) is 32.7 Å². The Balaban J connectivity index is 1.75. The minimum Gasteiger partial charge on any atom is -0.493 e. The van der Waals surface area contributed by atoms with Gasteiger partial charge < -0.3 is 15.2 Å². The highest BCUT2D eigenvalue weighted by molar-refractivity contribution is 7.90. The maximum absolute atomic E-state index is 14.5. The SMILES string of the molecule is Cc1ccc(Oc2nc(-c3cc(F)cc(OCC(C)C)c3)ccc2C(=O)NS(=O)(=O)c2cccc(N)n2)c(C)c1. The number of aryl methyl sites for hydroxylation is 2. The highest BCUT2D eigenvalue weighted by Gasteiger charge is 2.24. The number of carbonyl (C=O) groups excluding carboxylic acids is 1. The van der Waals surface area contributed by atoms with Gasteiger partial charge in [0.2, 0.25) is 5.88 Å². The predicted molar refractivity (Wildman–Crippen MR) is 149 cm³/mol. The molecular weight excluding hydrogens is 535 g/mol. The number of nitrogens with zero attached hydrogens (tertiary/aromatic N) is 2. The standard InChI is InChI=1S/C29H29FN4O5S/c1-17(2)16-38-22-14-20(13-21(30)15-22)24-10-9-23(29(32-24)39-25-11-8-18(3)12-19(25)4)28(35)34-40(36,37)27-7-5-6-26(31)33-27/h5-15,17H,16H2,1-4H3,(H2,31,33)(H,34,35). The lowest BCUT2D eigenvalue weighted by Gasteiger charge is -2.15. The second-order valence-corrected chi connectivity index (χ2v) is 11.3. The highest BCUT2D eigenvalue weighted by atomic mass is 32.2. The Morgan fingerprint density at radius 1 is 1.02 bits per heavy atom. The first-order chi connectivity index (χ1) is 18.9. The number of sulfonamides is 1. The number of aromatic nitrogens is 2. The Morgan fingerprint density at radius 2 is 1.80 bits per heavy atom. The van der Waals surface area contributed by atoms with E-state index in [1.807, 2.05) is 44.5 Å². The molecule has 0 radical (unpaired) electrons. The Kier molecular flexibility index (Phi) is 8.34. The largest absolute Gasteiger partial charge is 0.493 e. The molecule has 0 aliphatic rings. The summed E-state index contributed by atoms with van der Waals surface area (Å²) in [4.78, 5) is 21.5. The van der Waals surface area contributed by atoms with E-state index in [4.69, 9.17) is 15.2 Å². The van der Waals surface area contributed by atoms with Crippen molar-refractivity contribution in [2.75, 3.05) is 12.3 Å². The summed E-state index contributed by atoms with van der Waals surface area (Å²) >= 11 is 0. The Morgan fingerprint density at radius 3 is 2.50 bits per heavy atom. The van der Waals surface area contributed by atoms with Crippen LogP contribution in [0.25, 0.3) is 11.3 Å². The summed E-state index contributed by atoms with van der Waals surface area (Å²) in [5.74, 6) is -0.756. The van der Waals surface area contributed by atoms with Gasteiger partial charge in [0.25, 0.3) is 15.9 Å². The number of rotatable bonds is 9. The number of pyridine rings is 2. The van der Waals surface area contributed by atoms with Crippen LogP contribution in [0.3, 0.4) is 0 Å². The number of halogens is 1. The van der Waals surface area contributed by atoms with Crippen molar-refractivity contribution in [3.8, 4) is 28.6 Å². The molecule has 4 rings (SSSR count). The van der Waals surface area contributed by atoms with Crippen LogP contribution in [-0.4, -0.2) is 30.9 Å². The van der Waals surface area contributed by atoms with Crippen molar-refractivity contribution in [3.63, 3.8) is 0 Å². The fourth-order valence-electron chi connectivity index (χ4n) is 3.74. The van der Waals surface area contributed by atoms with E-state index in [-0.39, 0.29) is 28.9 Å². The van der Waals surface area contributed by atoms with Gasteiger partial charge >= 0.3 is 0 Å². The smallest absolute Gasteiger partial charge is 0.281 e. The monoisotopic (exact) mass is 564 g/mol. The molecule has 9 nitrogen and oxygen atoms in total. The third kappa shape index (κ3) is 6.92. The quantitative estimate of drug-likeness (QED) is 0.275. The molecule has 208 valence electrons. The minimum atomic E-state index is -4.36. The van der Waals surface area contributed by atoms with Crippen molar-refractivity contribution in [3.05, 3.63) is 89.2 Å². The van der Waals surface area contributed by atoms with E-state index in [9.17, 15) is 17.6 Å². The molecule has 0 unspecified atom stereocenters. The minimum absolute atomic E-state index is 0.0213. The molecule has 2 aromatic heterocycles. The topological polar surface area (TPSA) is 134 Å². The average molecular weight is 565 g/mol. The Bertz CT molecular complexity index is 1680. The van der Waals surface area contributed by atoms with Gasteiger partial charge in [-0.1, -0.05) is 37.6 Å². The average Bonchev–Trinajstić information content (AvgIpc) is 2.88. The second kappa shape index (κ2) is 11.7. The number of hydrogen-bond donors (Lipinski definition) is 2. The summed E-state index contributed by atoms with van der Waals surface area (Å²) in [5.41, 5.74) is 7.87. The zero-order valence-corrected chi connectivity index (χ0v) is 23.3. The molecule has 2 aromatic carbocycles. The van der Waals surface area contributed by atoms with E-state index in [1.54, 1.807) is 12.1 Å². The van der Waals surface area contributed by atoms with E-state index in [0.717, 1.165) is 11.1 Å². The van der Waals surface area contributed by atoms with E-state index < -0.39 is 26.8 Å². The van der Waals surface area contributed by atoms with Gasteiger partial charge in [0, 0.05) is 11.6 Å². The number of hydrogen-bond acceptors (Lipinski definition) is 8. The highest BCUT2D eigenvalue weighted by Crippen LogP contribution is 2.32. The second-order valence-electron chi connectivity index (χ2n) is 9.64. The number of nitrogens with two attached hydrogens (primary N) is 1. The first-order valence-electron chi connectivity index (χ1n) is 12.4. The fourth-order valence-corrected chi connectivity index (χ4v) is 4.68. The van der Waals surface area contributed by atoms with Crippen LogP contribution < -0.4 is 19.9 Å². The van der Waals surface area contributed by atoms with Crippen LogP contribution in [0.2, 0.25) is 0 Å². The molecule has 11 heteroatoms. The lowest BCUT2D eigenvalue weighted by Crippen LogP contribution is -2.31. The van der Waals surface area contributed by atoms with Gasteiger partial charge in [-0.2, -0.15) is 8.42 Å². The lowest BCUT2D eigenvalue weighted by atomic mass is 10.1. The number of amides is 1. The van der Waals surface area contributed by atoms with Crippen molar-refractivity contribution >= 4 is 21.7 Å². The maximum atomic E-state index is 14.5. The van der Waals surface area contributed by atoms with Crippen LogP contribution >= 0.6 is 0 Å². The Hall–Kier alpha value is -4.51. The van der Waals surface area contributed by atoms with E-state index in [0.29, 0.717) is 23.7 Å². The number of benzene rings is 2. The molecule has 0 aliphatic heterocycles. The molecule has 0 atom stereocenters. The van der Waals surface area contributed by atoms with Crippen molar-refractivity contribution < 1.29 is 27.1 Å². The molecule has 0 aliphatic carbocycles. The molecule has 40 heavy (non-hydrogen) atoms. The number of anilines is 1. The molecule has 1 amide bonds. The van der Waals surface area contributed by atoms with Gasteiger partial charge in [0.1, 0.15) is 28.7 Å². The molecule has 0 spiro atoms. The van der Waals surface area contributed by atoms with Crippen LogP contribution in [0.5, 0.6) is 17.4 Å². The van der Waals surface area contributed by atoms with E-state index >= 15 is 0 Å². The van der Waals surface area contributed by atoms with E-state index in [1.165, 1.54) is 42.5 Å². The lowest BCUT2D eigenvalue weighted by molar-refractivity contribution is 0.0978. The van der Waals surface area contributed by atoms with Gasteiger partial charge in [-0.15, -0.1) is 0 Å². The molecular formula is C29H29FN4O5S. The summed E-state index contributed by atoms with van der Waals surface area (Å²) < 4.78 is 53.8. The predicted octanol–water partition coefficient (Wildman–Crippen LogP) is 5.43. The molecule has 3 N–H and O–H groups in total. The zero-order chi connectivity index (χ0) is 29.0. The number of ether oxygens (including phenoxy) is 2. The first kappa shape index (κ1) is 28.5. The van der Waals surface area contributed by atoms with Crippen LogP contribution in [0, 0.1) is 25.6 Å². The normalized spacial score (nSPS) is 11.3. The van der Waals surface area contributed by atoms with Gasteiger partial charge in [-0.3, -0.25) is 4.79 Å². The molecule has 0 saturated heterocycles. The van der Waals surface area contributed by atoms with Crippen LogP contribution in [0.1, 0.15) is 35.3 Å². The number of nitrogens with one attached hydrogen (secondary N) is 1. The Labute approximate surface area is 232 Å². The number of carbonyl (C=O) groups is 1. The molecule has 0 fully saturated rings. The zero-order valence-electron chi connectivity index (χ0n) is 22.4. The maximum Gasteiger partial charge on any atom is 0.281 e. The van der Waals surface area contributed by atoms with Gasteiger partial charge in [-0.05, 0) is 67.8 Å². The van der Waals surface area contributed by atoms with Gasteiger partial charge in [0.05, 0.1) is 12.3 Å². The van der Waals surface area contributed by atoms with Gasteiger partial charge in [-0.25, -0.2) is 19.1 Å². The van der Waals surface area contributed by atoms with Gasteiger partial charge in [0.15, 0.2) is 5.03 Å². The molecule has 4 aromatic rings. The van der Waals surface area contributed by atoms with Crippen LogP contribution in [0.15, 0.2) is 71.8 Å². The van der Waals surface area contributed by atoms with Crippen molar-refractivity contribution in [2.24, 2.45) is 5.92 Å². The van der Waals surface area contributed by atoms with Crippen molar-refractivity contribution in [1.82, 2.24) is 14.7 Å². The van der Waals surface area contributed by atoms with Crippen LogP contribution in [-0.2, 0) is 10.0 Å². The molecule has 0 saturated carbocycles. The summed E-state index contributed by atoms with van der Waals surface area (Å²) in [6.07, 6.45) is 0. The molecule has 0 bridgehead atoms. The number of nitrogen functional groups attached to an aromatic ring is 1. The van der Waals surface area contributed by atoms with Crippen LogP contribution in [0.4, 0.5) is 10.2 Å². The first-order valence-corrected chi connectivity index (χ1v) is 13.9. The summed E-state index contributed by atoms with van der Waals surface area (Å²) in [6, 6.07) is 16.5. The van der Waals surface area contributed by atoms with E-state index in [2.05, 4.69) is 9.97 Å². The fraction of sp³-hybridized carbons (Fsp3) is 0.207. The summed E-state index contributed by atoms with van der Waals surface area (Å²) in [7, 11) is -4.36. The third-order valence-electron chi connectivity index (χ3n) is 5.64. The van der Waals surface area contributed by atoms with Crippen molar-refractivity contribution in [1.29, 1.82) is 0 Å². The third-order valence-corrected chi connectivity index (χ3v) is 6.87.